The summed E-state index contributed by atoms with van der Waals surface area (Å²) in [6, 6.07) is 6.90. The molecule has 4 N–H and O–H groups in total. The summed E-state index contributed by atoms with van der Waals surface area (Å²) in [5.74, 6) is -0.143. The maximum Gasteiger partial charge on any atom is 0.321 e. The molecule has 0 spiro atoms. The Morgan fingerprint density at radius 3 is 2.28 bits per heavy atom. The largest absolute Gasteiger partial charge is 0.356 e. The number of carbonyl (C=O) groups excluding carboxylic acids is 3. The van der Waals surface area contributed by atoms with Gasteiger partial charge in [-0.1, -0.05) is 12.8 Å². The van der Waals surface area contributed by atoms with Gasteiger partial charge in [0.2, 0.25) is 5.91 Å². The second-order valence-corrected chi connectivity index (χ2v) is 7.77. The van der Waals surface area contributed by atoms with Gasteiger partial charge in [-0.15, -0.1) is 0 Å². The summed E-state index contributed by atoms with van der Waals surface area (Å²) in [5, 5.41) is 11.5. The SMILES string of the molecule is CCNC(=O)[C@@H]1CCCN(C(=O)Nc2ccc(NC(=O)NC3CCCC3)cc2)C1. The number of carbonyl (C=O) groups is 3. The van der Waals surface area contributed by atoms with Crippen molar-refractivity contribution in [1.82, 2.24) is 15.5 Å². The zero-order valence-electron chi connectivity index (χ0n) is 17.0. The Kier molecular flexibility index (Phi) is 7.32. The fourth-order valence-electron chi connectivity index (χ4n) is 3.96. The fourth-order valence-corrected chi connectivity index (χ4v) is 3.96. The van der Waals surface area contributed by atoms with E-state index in [1.54, 1.807) is 29.2 Å². The smallest absolute Gasteiger partial charge is 0.321 e. The molecule has 0 bridgehead atoms. The van der Waals surface area contributed by atoms with Crippen molar-refractivity contribution in [3.05, 3.63) is 24.3 Å². The minimum Gasteiger partial charge on any atom is -0.356 e. The molecule has 2 aliphatic rings. The van der Waals surface area contributed by atoms with E-state index < -0.39 is 0 Å². The number of likely N-dealkylation sites (tertiary alicyclic amines) is 1. The summed E-state index contributed by atoms with van der Waals surface area (Å²) in [6.07, 6.45) is 6.03. The lowest BCUT2D eigenvalue weighted by atomic mass is 9.97. The third-order valence-electron chi connectivity index (χ3n) is 5.51. The van der Waals surface area contributed by atoms with Crippen LogP contribution in [0.3, 0.4) is 0 Å². The number of urea groups is 2. The molecule has 3 rings (SSSR count). The summed E-state index contributed by atoms with van der Waals surface area (Å²) in [6.45, 7) is 3.56. The van der Waals surface area contributed by atoms with Crippen molar-refractivity contribution in [2.75, 3.05) is 30.3 Å². The van der Waals surface area contributed by atoms with Crippen LogP contribution in [0.25, 0.3) is 0 Å². The standard InChI is InChI=1S/C21H31N5O3/c1-2-22-19(27)15-6-5-13-26(14-15)21(29)25-18-11-9-17(10-12-18)24-20(28)23-16-7-3-4-8-16/h9-12,15-16H,2-8,13-14H2,1H3,(H,22,27)(H,25,29)(H2,23,24,28)/t15-/m1/s1. The Balaban J connectivity index is 1.47. The van der Waals surface area contributed by atoms with E-state index in [1.807, 2.05) is 6.92 Å². The predicted octanol–water partition coefficient (Wildman–Crippen LogP) is 3.13. The highest BCUT2D eigenvalue weighted by atomic mass is 16.2. The summed E-state index contributed by atoms with van der Waals surface area (Å²) in [5.41, 5.74) is 1.32. The van der Waals surface area contributed by atoms with Gasteiger partial charge in [-0.25, -0.2) is 9.59 Å². The Morgan fingerprint density at radius 2 is 1.62 bits per heavy atom. The van der Waals surface area contributed by atoms with Crippen LogP contribution in [0.2, 0.25) is 0 Å². The van der Waals surface area contributed by atoms with E-state index in [0.717, 1.165) is 25.7 Å². The molecule has 1 aliphatic heterocycles. The predicted molar refractivity (Wildman–Crippen MR) is 113 cm³/mol. The van der Waals surface area contributed by atoms with Crippen LogP contribution >= 0.6 is 0 Å². The minimum atomic E-state index is -0.210. The van der Waals surface area contributed by atoms with Crippen LogP contribution in [0.4, 0.5) is 21.0 Å². The topological polar surface area (TPSA) is 103 Å². The van der Waals surface area contributed by atoms with E-state index in [-0.39, 0.29) is 29.9 Å². The summed E-state index contributed by atoms with van der Waals surface area (Å²) in [7, 11) is 0. The number of anilines is 2. The molecule has 0 aromatic heterocycles. The van der Waals surface area contributed by atoms with Gasteiger partial charge in [-0.05, 0) is 56.9 Å². The number of rotatable bonds is 5. The Labute approximate surface area is 171 Å². The summed E-state index contributed by atoms with van der Waals surface area (Å²) in [4.78, 5) is 38.3. The first-order valence-electron chi connectivity index (χ1n) is 10.6. The van der Waals surface area contributed by atoms with Crippen LogP contribution in [0, 0.1) is 5.92 Å². The van der Waals surface area contributed by atoms with E-state index in [1.165, 1.54) is 12.8 Å². The van der Waals surface area contributed by atoms with Crippen LogP contribution in [0.5, 0.6) is 0 Å². The molecule has 158 valence electrons. The molecule has 0 unspecified atom stereocenters. The molecule has 8 heteroatoms. The average molecular weight is 402 g/mol. The van der Waals surface area contributed by atoms with Gasteiger partial charge in [0, 0.05) is 37.1 Å². The van der Waals surface area contributed by atoms with E-state index in [2.05, 4.69) is 21.3 Å². The lowest BCUT2D eigenvalue weighted by Crippen LogP contribution is -2.46. The van der Waals surface area contributed by atoms with Gasteiger partial charge in [-0.3, -0.25) is 4.79 Å². The number of benzene rings is 1. The third kappa shape index (κ3) is 6.10. The van der Waals surface area contributed by atoms with Crippen molar-refractivity contribution >= 4 is 29.3 Å². The molecule has 0 radical (unpaired) electrons. The van der Waals surface area contributed by atoms with Crippen molar-refractivity contribution in [2.45, 2.75) is 51.5 Å². The third-order valence-corrected chi connectivity index (χ3v) is 5.51. The van der Waals surface area contributed by atoms with Crippen molar-refractivity contribution in [2.24, 2.45) is 5.92 Å². The molecule has 29 heavy (non-hydrogen) atoms. The summed E-state index contributed by atoms with van der Waals surface area (Å²) >= 11 is 0. The molecular formula is C21H31N5O3. The molecule has 1 aromatic rings. The second-order valence-electron chi connectivity index (χ2n) is 7.77. The number of piperidine rings is 1. The zero-order chi connectivity index (χ0) is 20.6. The minimum absolute atomic E-state index is 0.0105. The second kappa shape index (κ2) is 10.1. The molecule has 1 atom stereocenters. The van der Waals surface area contributed by atoms with Crippen LogP contribution in [0.1, 0.15) is 45.4 Å². The fraction of sp³-hybridized carbons (Fsp3) is 0.571. The average Bonchev–Trinajstić information content (AvgIpc) is 3.22. The van der Waals surface area contributed by atoms with Gasteiger partial charge in [0.25, 0.3) is 0 Å². The Hall–Kier alpha value is -2.77. The molecule has 1 aliphatic carbocycles. The van der Waals surface area contributed by atoms with Crippen molar-refractivity contribution in [3.63, 3.8) is 0 Å². The van der Waals surface area contributed by atoms with E-state index >= 15 is 0 Å². The van der Waals surface area contributed by atoms with Crippen molar-refractivity contribution < 1.29 is 14.4 Å². The Morgan fingerprint density at radius 1 is 0.966 bits per heavy atom. The maximum atomic E-state index is 12.6. The van der Waals surface area contributed by atoms with Gasteiger partial charge in [-0.2, -0.15) is 0 Å². The molecule has 1 aromatic carbocycles. The van der Waals surface area contributed by atoms with E-state index in [4.69, 9.17) is 0 Å². The first-order valence-corrected chi connectivity index (χ1v) is 10.6. The normalized spacial score (nSPS) is 19.5. The molecular weight excluding hydrogens is 370 g/mol. The molecule has 1 saturated heterocycles. The highest BCUT2D eigenvalue weighted by molar-refractivity contribution is 5.92. The van der Waals surface area contributed by atoms with Crippen LogP contribution in [-0.2, 0) is 4.79 Å². The summed E-state index contributed by atoms with van der Waals surface area (Å²) < 4.78 is 0. The molecule has 8 nitrogen and oxygen atoms in total. The van der Waals surface area contributed by atoms with Gasteiger partial charge < -0.3 is 26.2 Å². The first-order chi connectivity index (χ1) is 14.0. The van der Waals surface area contributed by atoms with E-state index in [0.29, 0.717) is 31.0 Å². The monoisotopic (exact) mass is 401 g/mol. The van der Waals surface area contributed by atoms with Gasteiger partial charge in [0.15, 0.2) is 0 Å². The number of amides is 5. The first kappa shape index (κ1) is 21.0. The number of hydrogen-bond acceptors (Lipinski definition) is 3. The lowest BCUT2D eigenvalue weighted by Gasteiger charge is -2.32. The van der Waals surface area contributed by atoms with Gasteiger partial charge in [0.05, 0.1) is 5.92 Å². The van der Waals surface area contributed by atoms with Crippen LogP contribution in [0.15, 0.2) is 24.3 Å². The highest BCUT2D eigenvalue weighted by Crippen LogP contribution is 2.20. The van der Waals surface area contributed by atoms with Gasteiger partial charge in [0.1, 0.15) is 0 Å². The van der Waals surface area contributed by atoms with Gasteiger partial charge >= 0.3 is 12.1 Å². The lowest BCUT2D eigenvalue weighted by molar-refractivity contribution is -0.126. The van der Waals surface area contributed by atoms with E-state index in [9.17, 15) is 14.4 Å². The number of nitrogens with one attached hydrogen (secondary N) is 4. The number of hydrogen-bond donors (Lipinski definition) is 4. The Bertz CT molecular complexity index is 716. The molecule has 2 fully saturated rings. The molecule has 1 saturated carbocycles. The van der Waals surface area contributed by atoms with Crippen molar-refractivity contribution in [1.29, 1.82) is 0 Å². The number of nitrogens with zero attached hydrogens (tertiary/aromatic N) is 1. The quantitative estimate of drug-likeness (QED) is 0.609. The van der Waals surface area contributed by atoms with Crippen LogP contribution < -0.4 is 21.3 Å². The molecule has 5 amide bonds. The maximum absolute atomic E-state index is 12.6. The highest BCUT2D eigenvalue weighted by Gasteiger charge is 2.28. The van der Waals surface area contributed by atoms with Crippen LogP contribution in [-0.4, -0.2) is 48.5 Å². The molecule has 1 heterocycles. The zero-order valence-corrected chi connectivity index (χ0v) is 17.0. The van der Waals surface area contributed by atoms with Crippen molar-refractivity contribution in [3.8, 4) is 0 Å².